The molecule has 1 heterocycles. The largest absolute Gasteiger partial charge is 0.416 e. The molecule has 1 aromatic carbocycles. The zero-order valence-electron chi connectivity index (χ0n) is 14.6. The lowest BCUT2D eigenvalue weighted by Gasteiger charge is -2.34. The van der Waals surface area contributed by atoms with Crippen molar-refractivity contribution in [2.24, 2.45) is 11.7 Å². The fourth-order valence-electron chi connectivity index (χ4n) is 3.00. The number of carbonyl (C=O) groups excluding carboxylic acids is 2. The number of alkyl halides is 3. The Kier molecular flexibility index (Phi) is 7.46. The zero-order chi connectivity index (χ0) is 18.8. The van der Waals surface area contributed by atoms with Gasteiger partial charge in [0, 0.05) is 37.3 Å². The van der Waals surface area contributed by atoms with Gasteiger partial charge in [-0.2, -0.15) is 13.2 Å². The molecule has 1 saturated heterocycles. The number of hydrogen-bond acceptors (Lipinski definition) is 3. The van der Waals surface area contributed by atoms with Crippen LogP contribution in [-0.2, 0) is 11.0 Å². The molecule has 1 fully saturated rings. The Labute approximate surface area is 156 Å². The Morgan fingerprint density at radius 3 is 2.50 bits per heavy atom. The molecule has 0 radical (unpaired) electrons. The van der Waals surface area contributed by atoms with E-state index in [-0.39, 0.29) is 35.6 Å². The summed E-state index contributed by atoms with van der Waals surface area (Å²) in [6.45, 7) is 3.95. The summed E-state index contributed by atoms with van der Waals surface area (Å²) >= 11 is 0. The summed E-state index contributed by atoms with van der Waals surface area (Å²) in [6, 6.07) is 2.82. The predicted octanol–water partition coefficient (Wildman–Crippen LogP) is 3.29. The quantitative estimate of drug-likeness (QED) is 0.827. The summed E-state index contributed by atoms with van der Waals surface area (Å²) in [4.78, 5) is 25.4. The molecule has 5 nitrogen and oxygen atoms in total. The summed E-state index contributed by atoms with van der Waals surface area (Å²) in [7, 11) is 0. The number of piperidine rings is 1. The number of rotatable bonds is 3. The third-order valence-corrected chi connectivity index (χ3v) is 4.32. The van der Waals surface area contributed by atoms with Crippen molar-refractivity contribution < 1.29 is 22.8 Å². The van der Waals surface area contributed by atoms with E-state index in [1.54, 1.807) is 0 Å². The topological polar surface area (TPSA) is 75.4 Å². The van der Waals surface area contributed by atoms with Crippen LogP contribution in [0.15, 0.2) is 18.2 Å². The van der Waals surface area contributed by atoms with Crippen LogP contribution in [0.2, 0.25) is 0 Å². The molecule has 0 bridgehead atoms. The first kappa shape index (κ1) is 22.2. The first-order valence-electron chi connectivity index (χ1n) is 8.12. The molecule has 0 aromatic heterocycles. The maximum atomic E-state index is 13.1. The molecule has 1 aliphatic heterocycles. The number of carbonyl (C=O) groups is 2. The van der Waals surface area contributed by atoms with Gasteiger partial charge in [-0.25, -0.2) is 0 Å². The Bertz CT molecular complexity index is 665. The minimum absolute atomic E-state index is 0. The highest BCUT2D eigenvalue weighted by molar-refractivity contribution is 5.97. The Morgan fingerprint density at radius 1 is 1.31 bits per heavy atom. The van der Waals surface area contributed by atoms with E-state index in [4.69, 9.17) is 5.73 Å². The van der Waals surface area contributed by atoms with Crippen LogP contribution in [0.3, 0.4) is 0 Å². The minimum atomic E-state index is -4.61. The summed E-state index contributed by atoms with van der Waals surface area (Å²) in [5, 5.41) is 2.31. The highest BCUT2D eigenvalue weighted by atomic mass is 35.5. The SMILES string of the molecule is CC(=O)Nc1cc(C(=O)N2CCCC(C(C)N)C2)cc(C(F)(F)F)c1.Cl. The van der Waals surface area contributed by atoms with Gasteiger partial charge >= 0.3 is 6.18 Å². The molecule has 146 valence electrons. The van der Waals surface area contributed by atoms with Gasteiger partial charge in [0.25, 0.3) is 5.91 Å². The maximum Gasteiger partial charge on any atom is 0.416 e. The number of halogens is 4. The second kappa shape index (κ2) is 8.73. The molecule has 1 aliphatic rings. The van der Waals surface area contributed by atoms with Crippen molar-refractivity contribution >= 4 is 29.9 Å². The van der Waals surface area contributed by atoms with E-state index in [0.29, 0.717) is 13.1 Å². The van der Waals surface area contributed by atoms with Gasteiger partial charge in [0.15, 0.2) is 0 Å². The molecular formula is C17H23ClF3N3O2. The van der Waals surface area contributed by atoms with E-state index in [9.17, 15) is 22.8 Å². The minimum Gasteiger partial charge on any atom is -0.338 e. The molecule has 0 spiro atoms. The van der Waals surface area contributed by atoms with Crippen molar-refractivity contribution in [2.75, 3.05) is 18.4 Å². The second-order valence-electron chi connectivity index (χ2n) is 6.49. The highest BCUT2D eigenvalue weighted by Crippen LogP contribution is 2.32. The van der Waals surface area contributed by atoms with Crippen molar-refractivity contribution in [3.8, 4) is 0 Å². The van der Waals surface area contributed by atoms with Crippen LogP contribution in [0.1, 0.15) is 42.6 Å². The first-order chi connectivity index (χ1) is 11.6. The monoisotopic (exact) mass is 393 g/mol. The van der Waals surface area contributed by atoms with Gasteiger partial charge in [-0.1, -0.05) is 0 Å². The third kappa shape index (κ3) is 5.60. The first-order valence-corrected chi connectivity index (χ1v) is 8.12. The lowest BCUT2D eigenvalue weighted by Crippen LogP contribution is -2.45. The summed E-state index contributed by atoms with van der Waals surface area (Å²) in [5.74, 6) is -0.867. The number of likely N-dealkylation sites (tertiary alicyclic amines) is 1. The van der Waals surface area contributed by atoms with Crippen molar-refractivity contribution in [1.82, 2.24) is 4.90 Å². The number of hydrogen-bond donors (Lipinski definition) is 2. The van der Waals surface area contributed by atoms with Gasteiger partial charge in [0.1, 0.15) is 0 Å². The standard InChI is InChI=1S/C17H22F3N3O2.ClH/c1-10(21)12-4-3-5-23(9-12)16(25)13-6-14(17(18,19)20)8-15(7-13)22-11(2)24;/h6-8,10,12H,3-5,9,21H2,1-2H3,(H,22,24);1H. The van der Waals surface area contributed by atoms with Gasteiger partial charge in [-0.3, -0.25) is 9.59 Å². The number of nitrogens with two attached hydrogens (primary N) is 1. The lowest BCUT2D eigenvalue weighted by atomic mass is 9.91. The molecule has 2 amide bonds. The van der Waals surface area contributed by atoms with E-state index in [1.807, 2.05) is 6.92 Å². The zero-order valence-corrected chi connectivity index (χ0v) is 15.4. The van der Waals surface area contributed by atoms with Crippen LogP contribution in [0.25, 0.3) is 0 Å². The van der Waals surface area contributed by atoms with Gasteiger partial charge < -0.3 is 16.0 Å². The van der Waals surface area contributed by atoms with Crippen LogP contribution in [0, 0.1) is 5.92 Å². The van der Waals surface area contributed by atoms with E-state index in [1.165, 1.54) is 17.9 Å². The van der Waals surface area contributed by atoms with E-state index >= 15 is 0 Å². The van der Waals surface area contributed by atoms with Crippen molar-refractivity contribution in [3.63, 3.8) is 0 Å². The normalized spacial score (nSPS) is 18.7. The highest BCUT2D eigenvalue weighted by Gasteiger charge is 2.33. The van der Waals surface area contributed by atoms with Crippen LogP contribution in [-0.4, -0.2) is 35.8 Å². The molecule has 9 heteroatoms. The summed E-state index contributed by atoms with van der Waals surface area (Å²) in [5.41, 5.74) is 4.78. The number of anilines is 1. The van der Waals surface area contributed by atoms with Gasteiger partial charge in [0.2, 0.25) is 5.91 Å². The fraction of sp³-hybridized carbons (Fsp3) is 0.529. The van der Waals surface area contributed by atoms with Crippen LogP contribution in [0.5, 0.6) is 0 Å². The van der Waals surface area contributed by atoms with Crippen LogP contribution < -0.4 is 11.1 Å². The lowest BCUT2D eigenvalue weighted by molar-refractivity contribution is -0.137. The number of nitrogens with zero attached hydrogens (tertiary/aromatic N) is 1. The van der Waals surface area contributed by atoms with Gasteiger partial charge in [-0.05, 0) is 43.9 Å². The van der Waals surface area contributed by atoms with Gasteiger partial charge in [0.05, 0.1) is 5.56 Å². The fourth-order valence-corrected chi connectivity index (χ4v) is 3.00. The summed E-state index contributed by atoms with van der Waals surface area (Å²) in [6.07, 6.45) is -2.96. The molecular weight excluding hydrogens is 371 g/mol. The van der Waals surface area contributed by atoms with Crippen molar-refractivity contribution in [1.29, 1.82) is 0 Å². The Hall–Kier alpha value is -1.80. The molecule has 0 aliphatic carbocycles. The predicted molar refractivity (Wildman–Crippen MR) is 95.3 cm³/mol. The second-order valence-corrected chi connectivity index (χ2v) is 6.49. The molecule has 2 rings (SSSR count). The number of amides is 2. The molecule has 2 atom stereocenters. The maximum absolute atomic E-state index is 13.1. The van der Waals surface area contributed by atoms with Crippen molar-refractivity contribution in [3.05, 3.63) is 29.3 Å². The van der Waals surface area contributed by atoms with E-state index in [0.717, 1.165) is 25.0 Å². The molecule has 26 heavy (non-hydrogen) atoms. The van der Waals surface area contributed by atoms with Crippen molar-refractivity contribution in [2.45, 2.75) is 38.9 Å². The Balaban J connectivity index is 0.00000338. The number of nitrogens with one attached hydrogen (secondary N) is 1. The average Bonchev–Trinajstić information content (AvgIpc) is 2.52. The summed E-state index contributed by atoms with van der Waals surface area (Å²) < 4.78 is 39.3. The van der Waals surface area contributed by atoms with E-state index in [2.05, 4.69) is 5.32 Å². The van der Waals surface area contributed by atoms with Crippen LogP contribution in [0.4, 0.5) is 18.9 Å². The number of benzene rings is 1. The Morgan fingerprint density at radius 2 is 1.96 bits per heavy atom. The molecule has 1 aromatic rings. The third-order valence-electron chi connectivity index (χ3n) is 4.32. The average molecular weight is 394 g/mol. The molecule has 3 N–H and O–H groups in total. The van der Waals surface area contributed by atoms with E-state index < -0.39 is 23.6 Å². The van der Waals surface area contributed by atoms with Crippen LogP contribution >= 0.6 is 12.4 Å². The molecule has 2 unspecified atom stereocenters. The van der Waals surface area contributed by atoms with Gasteiger partial charge in [-0.15, -0.1) is 12.4 Å². The smallest absolute Gasteiger partial charge is 0.338 e. The molecule has 0 saturated carbocycles.